The molecule has 2 rings (SSSR count). The molecule has 0 saturated carbocycles. The maximum absolute atomic E-state index is 5.67. The number of para-hydroxylation sites is 1. The molecular weight excluding hydrogens is 214 g/mol. The van der Waals surface area contributed by atoms with Gasteiger partial charge in [-0.15, -0.1) is 0 Å². The molecule has 0 fully saturated rings. The zero-order chi connectivity index (χ0) is 12.1. The minimum absolute atomic E-state index is 0.438. The number of hydrogen-bond donors (Lipinski definition) is 1. The Kier molecular flexibility index (Phi) is 4.40. The molecule has 2 atom stereocenters. The van der Waals surface area contributed by atoms with Crippen LogP contribution in [0.25, 0.3) is 0 Å². The molecule has 1 aliphatic heterocycles. The third kappa shape index (κ3) is 2.99. The van der Waals surface area contributed by atoms with E-state index in [9.17, 15) is 0 Å². The zero-order valence-corrected chi connectivity index (χ0v) is 10.6. The van der Waals surface area contributed by atoms with Gasteiger partial charge in [-0.2, -0.15) is 0 Å². The van der Waals surface area contributed by atoms with Crippen molar-refractivity contribution in [1.29, 1.82) is 0 Å². The van der Waals surface area contributed by atoms with Crippen molar-refractivity contribution in [3.05, 3.63) is 29.8 Å². The molecule has 0 aromatic heterocycles. The summed E-state index contributed by atoms with van der Waals surface area (Å²) in [7, 11) is 1.75. The van der Waals surface area contributed by atoms with Crippen molar-refractivity contribution >= 4 is 0 Å². The minimum Gasteiger partial charge on any atom is -0.493 e. The Labute approximate surface area is 103 Å². The molecule has 1 N–H and O–H groups in total. The van der Waals surface area contributed by atoms with E-state index < -0.39 is 0 Å². The first-order chi connectivity index (χ1) is 8.35. The highest BCUT2D eigenvalue weighted by Gasteiger charge is 2.23. The van der Waals surface area contributed by atoms with Crippen LogP contribution < -0.4 is 10.1 Å². The highest BCUT2D eigenvalue weighted by Crippen LogP contribution is 2.32. The van der Waals surface area contributed by atoms with Gasteiger partial charge in [0.1, 0.15) is 5.75 Å². The maximum Gasteiger partial charge on any atom is 0.122 e. The van der Waals surface area contributed by atoms with Crippen molar-refractivity contribution < 1.29 is 9.47 Å². The van der Waals surface area contributed by atoms with E-state index in [1.165, 1.54) is 5.56 Å². The molecule has 1 aromatic carbocycles. The van der Waals surface area contributed by atoms with Crippen molar-refractivity contribution in [3.63, 3.8) is 0 Å². The van der Waals surface area contributed by atoms with E-state index in [4.69, 9.17) is 9.47 Å². The van der Waals surface area contributed by atoms with Gasteiger partial charge >= 0.3 is 0 Å². The lowest BCUT2D eigenvalue weighted by Crippen LogP contribution is -2.35. The fraction of sp³-hybridized carbons (Fsp3) is 0.571. The fourth-order valence-electron chi connectivity index (χ4n) is 2.23. The lowest BCUT2D eigenvalue weighted by atomic mass is 10.0. The lowest BCUT2D eigenvalue weighted by Gasteiger charge is -2.18. The van der Waals surface area contributed by atoms with E-state index >= 15 is 0 Å². The predicted octanol–water partition coefficient (Wildman–Crippen LogP) is 2.18. The number of benzene rings is 1. The van der Waals surface area contributed by atoms with Gasteiger partial charge in [0.15, 0.2) is 0 Å². The summed E-state index contributed by atoms with van der Waals surface area (Å²) in [6.07, 6.45) is 1.09. The Balaban J connectivity index is 1.89. The Morgan fingerprint density at radius 3 is 3.06 bits per heavy atom. The number of fused-ring (bicyclic) bond motifs is 1. The Bertz CT molecular complexity index is 354. The second kappa shape index (κ2) is 6.03. The van der Waals surface area contributed by atoms with Crippen molar-refractivity contribution in [2.24, 2.45) is 0 Å². The van der Waals surface area contributed by atoms with Crippen molar-refractivity contribution in [3.8, 4) is 5.75 Å². The van der Waals surface area contributed by atoms with Gasteiger partial charge in [-0.25, -0.2) is 0 Å². The molecule has 0 bridgehead atoms. The fourth-order valence-corrected chi connectivity index (χ4v) is 2.23. The molecule has 0 amide bonds. The zero-order valence-electron chi connectivity index (χ0n) is 10.6. The first-order valence-electron chi connectivity index (χ1n) is 6.29. The summed E-state index contributed by atoms with van der Waals surface area (Å²) in [5.74, 6) is 1.51. The molecule has 0 radical (unpaired) electrons. The Morgan fingerprint density at radius 2 is 2.29 bits per heavy atom. The molecule has 2 unspecified atom stereocenters. The van der Waals surface area contributed by atoms with Crippen LogP contribution in [-0.2, 0) is 4.74 Å². The number of ether oxygens (including phenoxy) is 2. The molecule has 1 aliphatic rings. The summed E-state index contributed by atoms with van der Waals surface area (Å²) in [5.41, 5.74) is 1.33. The van der Waals surface area contributed by atoms with Gasteiger partial charge in [-0.1, -0.05) is 25.1 Å². The van der Waals surface area contributed by atoms with E-state index in [0.717, 1.165) is 31.9 Å². The Hall–Kier alpha value is -1.06. The second-order valence-corrected chi connectivity index (χ2v) is 4.51. The van der Waals surface area contributed by atoms with E-state index in [-0.39, 0.29) is 0 Å². The van der Waals surface area contributed by atoms with Crippen molar-refractivity contribution in [2.45, 2.75) is 25.3 Å². The van der Waals surface area contributed by atoms with Crippen LogP contribution in [0.5, 0.6) is 5.75 Å². The maximum atomic E-state index is 5.67. The SMILES string of the molecule is CCC(COC)NCC1COc2ccccc21. The van der Waals surface area contributed by atoms with E-state index in [0.29, 0.717) is 12.0 Å². The van der Waals surface area contributed by atoms with Gasteiger partial charge in [0.2, 0.25) is 0 Å². The van der Waals surface area contributed by atoms with Gasteiger partial charge in [0, 0.05) is 31.2 Å². The van der Waals surface area contributed by atoms with Crippen LogP contribution in [0, 0.1) is 0 Å². The smallest absolute Gasteiger partial charge is 0.122 e. The summed E-state index contributed by atoms with van der Waals surface area (Å²) >= 11 is 0. The lowest BCUT2D eigenvalue weighted by molar-refractivity contribution is 0.162. The highest BCUT2D eigenvalue weighted by molar-refractivity contribution is 5.39. The van der Waals surface area contributed by atoms with E-state index in [2.05, 4.69) is 24.4 Å². The van der Waals surface area contributed by atoms with Crippen LogP contribution in [0.3, 0.4) is 0 Å². The Morgan fingerprint density at radius 1 is 1.47 bits per heavy atom. The first kappa shape index (κ1) is 12.4. The molecule has 94 valence electrons. The summed E-state index contributed by atoms with van der Waals surface area (Å²) in [4.78, 5) is 0. The molecule has 17 heavy (non-hydrogen) atoms. The minimum atomic E-state index is 0.438. The highest BCUT2D eigenvalue weighted by atomic mass is 16.5. The molecular formula is C14H21NO2. The van der Waals surface area contributed by atoms with Gasteiger partial charge in [-0.3, -0.25) is 0 Å². The number of nitrogens with one attached hydrogen (secondary N) is 1. The van der Waals surface area contributed by atoms with Gasteiger partial charge < -0.3 is 14.8 Å². The number of methoxy groups -OCH3 is 1. The van der Waals surface area contributed by atoms with Crippen LogP contribution in [0.2, 0.25) is 0 Å². The van der Waals surface area contributed by atoms with Crippen molar-refractivity contribution in [2.75, 3.05) is 26.9 Å². The largest absolute Gasteiger partial charge is 0.493 e. The molecule has 1 heterocycles. The average Bonchev–Trinajstić information content (AvgIpc) is 2.78. The molecule has 0 spiro atoms. The second-order valence-electron chi connectivity index (χ2n) is 4.51. The summed E-state index contributed by atoms with van der Waals surface area (Å²) in [5, 5.41) is 3.55. The van der Waals surface area contributed by atoms with E-state index in [1.54, 1.807) is 7.11 Å². The quantitative estimate of drug-likeness (QED) is 0.819. The number of hydrogen-bond acceptors (Lipinski definition) is 3. The normalized spacial score (nSPS) is 19.8. The van der Waals surface area contributed by atoms with Crippen molar-refractivity contribution in [1.82, 2.24) is 5.32 Å². The predicted molar refractivity (Wildman–Crippen MR) is 68.6 cm³/mol. The van der Waals surface area contributed by atoms with Gasteiger partial charge in [0.25, 0.3) is 0 Å². The average molecular weight is 235 g/mol. The summed E-state index contributed by atoms with van der Waals surface area (Å²) in [6.45, 7) is 4.69. The monoisotopic (exact) mass is 235 g/mol. The van der Waals surface area contributed by atoms with Gasteiger partial charge in [0.05, 0.1) is 13.2 Å². The van der Waals surface area contributed by atoms with Crippen LogP contribution in [0.15, 0.2) is 24.3 Å². The van der Waals surface area contributed by atoms with Crippen LogP contribution in [0.4, 0.5) is 0 Å². The molecule has 1 aromatic rings. The summed E-state index contributed by atoms with van der Waals surface area (Å²) < 4.78 is 10.9. The topological polar surface area (TPSA) is 30.5 Å². The third-order valence-electron chi connectivity index (χ3n) is 3.31. The molecule has 3 heteroatoms. The molecule has 0 saturated heterocycles. The summed E-state index contributed by atoms with van der Waals surface area (Å²) in [6, 6.07) is 8.74. The van der Waals surface area contributed by atoms with Gasteiger partial charge in [-0.05, 0) is 12.5 Å². The van der Waals surface area contributed by atoms with Crippen LogP contribution in [0.1, 0.15) is 24.8 Å². The molecule has 3 nitrogen and oxygen atoms in total. The van der Waals surface area contributed by atoms with Crippen LogP contribution in [-0.4, -0.2) is 32.9 Å². The van der Waals surface area contributed by atoms with Crippen LogP contribution >= 0.6 is 0 Å². The van der Waals surface area contributed by atoms with E-state index in [1.807, 2.05) is 12.1 Å². The number of rotatable bonds is 6. The standard InChI is InChI=1S/C14H21NO2/c1-3-12(10-16-2)15-8-11-9-17-14-7-5-4-6-13(11)14/h4-7,11-12,15H,3,8-10H2,1-2H3. The first-order valence-corrected chi connectivity index (χ1v) is 6.29. The third-order valence-corrected chi connectivity index (χ3v) is 3.31. The molecule has 0 aliphatic carbocycles.